The third-order valence-electron chi connectivity index (χ3n) is 3.31. The van der Waals surface area contributed by atoms with Gasteiger partial charge in [-0.3, -0.25) is 4.79 Å². The van der Waals surface area contributed by atoms with E-state index in [0.29, 0.717) is 18.7 Å². The van der Waals surface area contributed by atoms with Gasteiger partial charge in [0.25, 0.3) is 5.91 Å². The molecule has 4 heteroatoms. The van der Waals surface area contributed by atoms with Crippen molar-refractivity contribution in [3.63, 3.8) is 0 Å². The number of benzene rings is 1. The predicted octanol–water partition coefficient (Wildman–Crippen LogP) is 1.54. The van der Waals surface area contributed by atoms with Crippen LogP contribution < -0.4 is 5.73 Å². The summed E-state index contributed by atoms with van der Waals surface area (Å²) in [7, 11) is 1.80. The molecule has 0 spiro atoms. The fraction of sp³-hybridized carbons (Fsp3) is 0.471. The Kier molecular flexibility index (Phi) is 7.52. The molecule has 1 aromatic rings. The zero-order chi connectivity index (χ0) is 15.7. The molecule has 0 fully saturated rings. The van der Waals surface area contributed by atoms with Gasteiger partial charge in [-0.2, -0.15) is 0 Å². The standard InChI is InChI=1S/C17H24N2O2/c1-14-8-9-16(13-15(14)7-6-10-18)17(21)19(2)11-4-3-5-12-20/h8-9,13,20H,3-5,10-12,18H2,1-2H3. The molecular weight excluding hydrogens is 264 g/mol. The molecule has 0 saturated carbocycles. The van der Waals surface area contributed by atoms with Crippen molar-refractivity contribution in [1.29, 1.82) is 0 Å². The molecule has 21 heavy (non-hydrogen) atoms. The summed E-state index contributed by atoms with van der Waals surface area (Å²) in [6.07, 6.45) is 2.61. The topological polar surface area (TPSA) is 66.6 Å². The summed E-state index contributed by atoms with van der Waals surface area (Å²) in [6, 6.07) is 5.56. The van der Waals surface area contributed by atoms with Gasteiger partial charge in [-0.05, 0) is 43.9 Å². The molecule has 0 aromatic heterocycles. The molecule has 1 amide bonds. The highest BCUT2D eigenvalue weighted by Crippen LogP contribution is 2.12. The van der Waals surface area contributed by atoms with Crippen LogP contribution in [0.5, 0.6) is 0 Å². The van der Waals surface area contributed by atoms with Gasteiger partial charge < -0.3 is 15.7 Å². The number of amides is 1. The third-order valence-corrected chi connectivity index (χ3v) is 3.31. The minimum absolute atomic E-state index is 0.00482. The molecule has 0 aliphatic carbocycles. The molecule has 0 heterocycles. The van der Waals surface area contributed by atoms with Gasteiger partial charge in [0.1, 0.15) is 0 Å². The minimum Gasteiger partial charge on any atom is -0.396 e. The normalized spacial score (nSPS) is 9.90. The summed E-state index contributed by atoms with van der Waals surface area (Å²) < 4.78 is 0. The van der Waals surface area contributed by atoms with E-state index in [9.17, 15) is 4.79 Å². The maximum atomic E-state index is 12.3. The average Bonchev–Trinajstić information content (AvgIpc) is 2.50. The number of aliphatic hydroxyl groups is 1. The van der Waals surface area contributed by atoms with Crippen molar-refractivity contribution in [1.82, 2.24) is 4.90 Å². The predicted molar refractivity (Wildman–Crippen MR) is 85.0 cm³/mol. The molecule has 0 unspecified atom stereocenters. The summed E-state index contributed by atoms with van der Waals surface area (Å²) in [5.41, 5.74) is 7.92. The van der Waals surface area contributed by atoms with Crippen molar-refractivity contribution in [2.24, 2.45) is 5.73 Å². The zero-order valence-electron chi connectivity index (χ0n) is 12.9. The summed E-state index contributed by atoms with van der Waals surface area (Å²) in [6.45, 7) is 3.17. The van der Waals surface area contributed by atoms with E-state index in [1.165, 1.54) is 0 Å². The Labute approximate surface area is 127 Å². The van der Waals surface area contributed by atoms with Crippen molar-refractivity contribution in [3.05, 3.63) is 34.9 Å². The van der Waals surface area contributed by atoms with Crippen LogP contribution in [0.1, 0.15) is 40.7 Å². The highest BCUT2D eigenvalue weighted by molar-refractivity contribution is 5.94. The number of nitrogens with two attached hydrogens (primary N) is 1. The fourth-order valence-corrected chi connectivity index (χ4v) is 2.00. The zero-order valence-corrected chi connectivity index (χ0v) is 12.9. The summed E-state index contributed by atoms with van der Waals surface area (Å²) in [4.78, 5) is 14.1. The second-order valence-corrected chi connectivity index (χ2v) is 5.05. The minimum atomic E-state index is -0.00482. The van der Waals surface area contributed by atoms with Gasteiger partial charge in [-0.1, -0.05) is 17.9 Å². The van der Waals surface area contributed by atoms with E-state index in [1.807, 2.05) is 25.1 Å². The van der Waals surface area contributed by atoms with E-state index >= 15 is 0 Å². The van der Waals surface area contributed by atoms with Crippen molar-refractivity contribution < 1.29 is 9.90 Å². The number of carbonyl (C=O) groups is 1. The molecule has 0 aliphatic rings. The first kappa shape index (κ1) is 17.2. The summed E-state index contributed by atoms with van der Waals surface area (Å²) >= 11 is 0. The molecule has 3 N–H and O–H groups in total. The van der Waals surface area contributed by atoms with E-state index in [2.05, 4.69) is 11.8 Å². The van der Waals surface area contributed by atoms with Crippen LogP contribution in [0.15, 0.2) is 18.2 Å². The Hall–Kier alpha value is -1.83. The smallest absolute Gasteiger partial charge is 0.253 e. The van der Waals surface area contributed by atoms with Crippen LogP contribution in [0.4, 0.5) is 0 Å². The fourth-order valence-electron chi connectivity index (χ4n) is 2.00. The van der Waals surface area contributed by atoms with E-state index < -0.39 is 0 Å². The molecule has 1 rings (SSSR count). The Morgan fingerprint density at radius 1 is 1.33 bits per heavy atom. The lowest BCUT2D eigenvalue weighted by Gasteiger charge is -2.17. The van der Waals surface area contributed by atoms with Crippen LogP contribution >= 0.6 is 0 Å². The first-order valence-electron chi connectivity index (χ1n) is 7.26. The molecule has 0 saturated heterocycles. The Balaban J connectivity index is 2.73. The first-order chi connectivity index (χ1) is 10.1. The number of hydrogen-bond acceptors (Lipinski definition) is 3. The van der Waals surface area contributed by atoms with Crippen LogP contribution in [0.2, 0.25) is 0 Å². The quantitative estimate of drug-likeness (QED) is 0.616. The van der Waals surface area contributed by atoms with Gasteiger partial charge in [-0.15, -0.1) is 0 Å². The second kappa shape index (κ2) is 9.17. The van der Waals surface area contributed by atoms with Crippen molar-refractivity contribution in [2.75, 3.05) is 26.7 Å². The van der Waals surface area contributed by atoms with Crippen LogP contribution in [0.25, 0.3) is 0 Å². The SMILES string of the molecule is Cc1ccc(C(=O)N(C)CCCCCO)cc1C#CCN. The first-order valence-corrected chi connectivity index (χ1v) is 7.26. The Bertz CT molecular complexity index is 529. The van der Waals surface area contributed by atoms with E-state index in [4.69, 9.17) is 10.8 Å². The van der Waals surface area contributed by atoms with Crippen molar-refractivity contribution in [2.45, 2.75) is 26.2 Å². The van der Waals surface area contributed by atoms with Gasteiger partial charge in [0.2, 0.25) is 0 Å². The highest BCUT2D eigenvalue weighted by Gasteiger charge is 2.12. The molecule has 4 nitrogen and oxygen atoms in total. The Morgan fingerprint density at radius 2 is 2.10 bits per heavy atom. The maximum absolute atomic E-state index is 12.3. The molecular formula is C17H24N2O2. The van der Waals surface area contributed by atoms with Crippen LogP contribution in [-0.4, -0.2) is 42.7 Å². The van der Waals surface area contributed by atoms with Crippen LogP contribution in [-0.2, 0) is 0 Å². The van der Waals surface area contributed by atoms with Gasteiger partial charge in [0, 0.05) is 31.3 Å². The number of unbranched alkanes of at least 4 members (excludes halogenated alkanes) is 2. The van der Waals surface area contributed by atoms with Crippen LogP contribution in [0.3, 0.4) is 0 Å². The molecule has 0 bridgehead atoms. The second-order valence-electron chi connectivity index (χ2n) is 5.05. The maximum Gasteiger partial charge on any atom is 0.253 e. The van der Waals surface area contributed by atoms with Gasteiger partial charge in [-0.25, -0.2) is 0 Å². The van der Waals surface area contributed by atoms with E-state index in [0.717, 1.165) is 30.4 Å². The van der Waals surface area contributed by atoms with E-state index in [-0.39, 0.29) is 12.5 Å². The van der Waals surface area contributed by atoms with Crippen LogP contribution in [0, 0.1) is 18.8 Å². The van der Waals surface area contributed by atoms with Gasteiger partial charge in [0.05, 0.1) is 6.54 Å². The number of aliphatic hydroxyl groups excluding tert-OH is 1. The third kappa shape index (κ3) is 5.58. The Morgan fingerprint density at radius 3 is 2.76 bits per heavy atom. The lowest BCUT2D eigenvalue weighted by atomic mass is 10.0. The summed E-state index contributed by atoms with van der Waals surface area (Å²) in [5.74, 6) is 5.81. The van der Waals surface area contributed by atoms with Gasteiger partial charge >= 0.3 is 0 Å². The molecule has 1 aromatic carbocycles. The molecule has 0 atom stereocenters. The van der Waals surface area contributed by atoms with Crippen molar-refractivity contribution >= 4 is 5.91 Å². The number of rotatable bonds is 6. The number of carbonyl (C=O) groups excluding carboxylic acids is 1. The van der Waals surface area contributed by atoms with E-state index in [1.54, 1.807) is 11.9 Å². The monoisotopic (exact) mass is 288 g/mol. The number of aryl methyl sites for hydroxylation is 1. The average molecular weight is 288 g/mol. The molecule has 114 valence electrons. The largest absolute Gasteiger partial charge is 0.396 e. The number of nitrogens with zero attached hydrogens (tertiary/aromatic N) is 1. The molecule has 0 aliphatic heterocycles. The van der Waals surface area contributed by atoms with Crippen molar-refractivity contribution in [3.8, 4) is 11.8 Å². The number of hydrogen-bond donors (Lipinski definition) is 2. The lowest BCUT2D eigenvalue weighted by Crippen LogP contribution is -2.27. The molecule has 0 radical (unpaired) electrons. The summed E-state index contributed by atoms with van der Waals surface area (Å²) in [5, 5.41) is 8.74. The van der Waals surface area contributed by atoms with Gasteiger partial charge in [0.15, 0.2) is 0 Å². The highest BCUT2D eigenvalue weighted by atomic mass is 16.2. The lowest BCUT2D eigenvalue weighted by molar-refractivity contribution is 0.0792.